The minimum atomic E-state index is 0.418. The van der Waals surface area contributed by atoms with Crippen molar-refractivity contribution in [2.75, 3.05) is 13.2 Å². The fourth-order valence-corrected chi connectivity index (χ4v) is 3.95. The van der Waals surface area contributed by atoms with Gasteiger partial charge in [0.15, 0.2) is 0 Å². The SMILES string of the molecule is CCNC(c1cccc(C2CCC2)c1)C1CCOC1CC. The van der Waals surface area contributed by atoms with Gasteiger partial charge in [-0.25, -0.2) is 0 Å². The highest BCUT2D eigenvalue weighted by Gasteiger charge is 2.34. The van der Waals surface area contributed by atoms with Crippen LogP contribution in [-0.2, 0) is 4.74 Å². The Balaban J connectivity index is 1.82. The molecule has 21 heavy (non-hydrogen) atoms. The lowest BCUT2D eigenvalue weighted by molar-refractivity contribution is 0.0775. The molecule has 1 saturated heterocycles. The van der Waals surface area contributed by atoms with Gasteiger partial charge >= 0.3 is 0 Å². The second-order valence-corrected chi connectivity index (χ2v) is 6.60. The molecule has 2 heteroatoms. The van der Waals surface area contributed by atoms with Crippen LogP contribution >= 0.6 is 0 Å². The minimum Gasteiger partial charge on any atom is -0.378 e. The third kappa shape index (κ3) is 3.17. The van der Waals surface area contributed by atoms with Gasteiger partial charge in [-0.1, -0.05) is 44.5 Å². The zero-order chi connectivity index (χ0) is 14.7. The summed E-state index contributed by atoms with van der Waals surface area (Å²) in [6.45, 7) is 6.40. The van der Waals surface area contributed by atoms with E-state index in [0.717, 1.165) is 25.5 Å². The summed E-state index contributed by atoms with van der Waals surface area (Å²) in [7, 11) is 0. The van der Waals surface area contributed by atoms with Crippen LogP contribution < -0.4 is 5.32 Å². The van der Waals surface area contributed by atoms with E-state index in [-0.39, 0.29) is 0 Å². The molecule has 0 radical (unpaired) electrons. The van der Waals surface area contributed by atoms with Crippen molar-refractivity contribution in [2.24, 2.45) is 5.92 Å². The van der Waals surface area contributed by atoms with Crippen LogP contribution in [0.3, 0.4) is 0 Å². The Morgan fingerprint density at radius 3 is 2.76 bits per heavy atom. The van der Waals surface area contributed by atoms with Gasteiger partial charge in [0.2, 0.25) is 0 Å². The van der Waals surface area contributed by atoms with E-state index in [2.05, 4.69) is 43.4 Å². The maximum Gasteiger partial charge on any atom is 0.0619 e. The van der Waals surface area contributed by atoms with Crippen molar-refractivity contribution in [1.82, 2.24) is 5.32 Å². The van der Waals surface area contributed by atoms with Gasteiger partial charge in [0.25, 0.3) is 0 Å². The van der Waals surface area contributed by atoms with E-state index in [4.69, 9.17) is 4.74 Å². The normalized spacial score (nSPS) is 27.5. The van der Waals surface area contributed by atoms with Crippen LogP contribution in [0.5, 0.6) is 0 Å². The van der Waals surface area contributed by atoms with Crippen molar-refractivity contribution in [3.8, 4) is 0 Å². The Morgan fingerprint density at radius 2 is 2.10 bits per heavy atom. The Labute approximate surface area is 129 Å². The van der Waals surface area contributed by atoms with Gasteiger partial charge in [-0.15, -0.1) is 0 Å². The number of nitrogens with one attached hydrogen (secondary N) is 1. The van der Waals surface area contributed by atoms with Crippen molar-refractivity contribution >= 4 is 0 Å². The van der Waals surface area contributed by atoms with Crippen molar-refractivity contribution < 1.29 is 4.74 Å². The molecule has 3 rings (SSSR count). The molecule has 0 aromatic heterocycles. The molecular formula is C19H29NO. The quantitative estimate of drug-likeness (QED) is 0.836. The van der Waals surface area contributed by atoms with Crippen LogP contribution in [0, 0.1) is 5.92 Å². The monoisotopic (exact) mass is 287 g/mol. The van der Waals surface area contributed by atoms with E-state index in [1.54, 1.807) is 5.56 Å². The molecule has 2 fully saturated rings. The first-order chi connectivity index (χ1) is 10.3. The lowest BCUT2D eigenvalue weighted by Gasteiger charge is -2.30. The molecule has 0 amide bonds. The summed E-state index contributed by atoms with van der Waals surface area (Å²) in [6, 6.07) is 9.79. The molecule has 0 spiro atoms. The molecule has 1 aromatic carbocycles. The van der Waals surface area contributed by atoms with E-state index >= 15 is 0 Å². The summed E-state index contributed by atoms with van der Waals surface area (Å²) < 4.78 is 5.93. The predicted molar refractivity (Wildman–Crippen MR) is 87.6 cm³/mol. The highest BCUT2D eigenvalue weighted by atomic mass is 16.5. The second-order valence-electron chi connectivity index (χ2n) is 6.60. The number of rotatable bonds is 6. The highest BCUT2D eigenvalue weighted by molar-refractivity contribution is 5.30. The number of hydrogen-bond donors (Lipinski definition) is 1. The first-order valence-electron chi connectivity index (χ1n) is 8.78. The Morgan fingerprint density at radius 1 is 1.24 bits per heavy atom. The largest absolute Gasteiger partial charge is 0.378 e. The molecule has 116 valence electrons. The van der Waals surface area contributed by atoms with Gasteiger partial charge in [-0.2, -0.15) is 0 Å². The zero-order valence-corrected chi connectivity index (χ0v) is 13.5. The molecule has 3 unspecified atom stereocenters. The average Bonchev–Trinajstić information content (AvgIpc) is 2.91. The van der Waals surface area contributed by atoms with Gasteiger partial charge in [0, 0.05) is 18.6 Å². The maximum atomic E-state index is 5.93. The lowest BCUT2D eigenvalue weighted by Crippen LogP contribution is -2.32. The summed E-state index contributed by atoms with van der Waals surface area (Å²) in [4.78, 5) is 0. The van der Waals surface area contributed by atoms with Gasteiger partial charge in [-0.3, -0.25) is 0 Å². The molecule has 1 saturated carbocycles. The van der Waals surface area contributed by atoms with Crippen LogP contribution in [0.25, 0.3) is 0 Å². The molecule has 1 heterocycles. The Bertz CT molecular complexity index is 455. The van der Waals surface area contributed by atoms with Gasteiger partial charge in [-0.05, 0) is 49.3 Å². The smallest absolute Gasteiger partial charge is 0.0619 e. The van der Waals surface area contributed by atoms with Crippen molar-refractivity contribution in [2.45, 2.75) is 64.0 Å². The van der Waals surface area contributed by atoms with E-state index in [0.29, 0.717) is 18.1 Å². The van der Waals surface area contributed by atoms with Crippen molar-refractivity contribution in [1.29, 1.82) is 0 Å². The van der Waals surface area contributed by atoms with Gasteiger partial charge < -0.3 is 10.1 Å². The van der Waals surface area contributed by atoms with E-state index in [1.807, 2.05) is 0 Å². The summed E-state index contributed by atoms with van der Waals surface area (Å²) in [6.07, 6.45) is 6.87. The fraction of sp³-hybridized carbons (Fsp3) is 0.684. The van der Waals surface area contributed by atoms with E-state index < -0.39 is 0 Å². The summed E-state index contributed by atoms with van der Waals surface area (Å²) in [5.74, 6) is 1.43. The van der Waals surface area contributed by atoms with Crippen LogP contribution in [0.1, 0.15) is 69.0 Å². The molecule has 1 aliphatic carbocycles. The molecule has 0 bridgehead atoms. The Hall–Kier alpha value is -0.860. The van der Waals surface area contributed by atoms with Crippen LogP contribution in [0.2, 0.25) is 0 Å². The van der Waals surface area contributed by atoms with E-state index in [1.165, 1.54) is 31.2 Å². The third-order valence-electron chi connectivity index (χ3n) is 5.36. The molecular weight excluding hydrogens is 258 g/mol. The summed E-state index contributed by atoms with van der Waals surface area (Å²) >= 11 is 0. The highest BCUT2D eigenvalue weighted by Crippen LogP contribution is 2.39. The molecule has 3 atom stereocenters. The predicted octanol–water partition coefficient (Wildman–Crippen LogP) is 4.42. The topological polar surface area (TPSA) is 21.3 Å². The first kappa shape index (κ1) is 15.1. The number of benzene rings is 1. The average molecular weight is 287 g/mol. The molecule has 1 aromatic rings. The third-order valence-corrected chi connectivity index (χ3v) is 5.36. The van der Waals surface area contributed by atoms with Crippen LogP contribution in [-0.4, -0.2) is 19.3 Å². The first-order valence-corrected chi connectivity index (χ1v) is 8.78. The lowest BCUT2D eigenvalue weighted by atomic mass is 9.78. The summed E-state index contributed by atoms with van der Waals surface area (Å²) in [5, 5.41) is 3.73. The van der Waals surface area contributed by atoms with Crippen molar-refractivity contribution in [3.63, 3.8) is 0 Å². The maximum absolute atomic E-state index is 5.93. The minimum absolute atomic E-state index is 0.418. The van der Waals surface area contributed by atoms with Gasteiger partial charge in [0.05, 0.1) is 6.10 Å². The van der Waals surface area contributed by atoms with Crippen molar-refractivity contribution in [3.05, 3.63) is 35.4 Å². The number of ether oxygens (including phenoxy) is 1. The Kier molecular flexibility index (Phi) is 4.97. The second kappa shape index (κ2) is 6.93. The summed E-state index contributed by atoms with van der Waals surface area (Å²) in [5.41, 5.74) is 3.02. The standard InChI is InChI=1S/C19H29NO/c1-3-18-17(11-12-21-18)19(20-4-2)16-10-6-9-15(13-16)14-7-5-8-14/h6,9-10,13-14,17-20H,3-5,7-8,11-12H2,1-2H3. The fourth-order valence-electron chi connectivity index (χ4n) is 3.95. The van der Waals surface area contributed by atoms with E-state index in [9.17, 15) is 0 Å². The van der Waals surface area contributed by atoms with Crippen LogP contribution in [0.4, 0.5) is 0 Å². The number of hydrogen-bond acceptors (Lipinski definition) is 2. The van der Waals surface area contributed by atoms with Crippen LogP contribution in [0.15, 0.2) is 24.3 Å². The van der Waals surface area contributed by atoms with Gasteiger partial charge in [0.1, 0.15) is 0 Å². The molecule has 1 N–H and O–H groups in total. The molecule has 2 aliphatic rings. The molecule has 1 aliphatic heterocycles. The zero-order valence-electron chi connectivity index (χ0n) is 13.5. The molecule has 2 nitrogen and oxygen atoms in total.